The number of hydrogen-bond donors (Lipinski definition) is 1. The van der Waals surface area contributed by atoms with Gasteiger partial charge in [-0.2, -0.15) is 0 Å². The average Bonchev–Trinajstić information content (AvgIpc) is 2.96. The first-order chi connectivity index (χ1) is 9.74. The van der Waals surface area contributed by atoms with Crippen molar-refractivity contribution in [2.75, 3.05) is 26.9 Å². The van der Waals surface area contributed by atoms with E-state index >= 15 is 0 Å². The summed E-state index contributed by atoms with van der Waals surface area (Å²) in [6.45, 7) is 4.22. The molecule has 112 valence electrons. The molecule has 1 aliphatic rings. The fourth-order valence-corrected chi connectivity index (χ4v) is 2.29. The molecule has 0 aromatic heterocycles. The Morgan fingerprint density at radius 1 is 1.40 bits per heavy atom. The van der Waals surface area contributed by atoms with Crippen LogP contribution in [-0.4, -0.2) is 33.2 Å². The Morgan fingerprint density at radius 2 is 2.15 bits per heavy atom. The van der Waals surface area contributed by atoms with Crippen LogP contribution < -0.4 is 10.1 Å². The van der Waals surface area contributed by atoms with Crippen molar-refractivity contribution in [2.45, 2.75) is 32.1 Å². The molecule has 0 spiro atoms. The molecule has 4 nitrogen and oxygen atoms in total. The van der Waals surface area contributed by atoms with E-state index in [1.807, 2.05) is 6.07 Å². The minimum Gasteiger partial charge on any atom is -0.494 e. The lowest BCUT2D eigenvalue weighted by Gasteiger charge is -2.22. The lowest BCUT2D eigenvalue weighted by Crippen LogP contribution is -2.26. The summed E-state index contributed by atoms with van der Waals surface area (Å²) in [6.07, 6.45) is 1.47. The highest BCUT2D eigenvalue weighted by molar-refractivity contribution is 5.31. The van der Waals surface area contributed by atoms with Crippen molar-refractivity contribution in [1.29, 1.82) is 0 Å². The zero-order chi connectivity index (χ0) is 14.4. The van der Waals surface area contributed by atoms with E-state index in [0.717, 1.165) is 18.5 Å². The van der Waals surface area contributed by atoms with Crippen LogP contribution >= 0.6 is 0 Å². The Hall–Kier alpha value is -1.17. The smallest absolute Gasteiger partial charge is 0.165 e. The average molecular weight is 283 g/mol. The van der Waals surface area contributed by atoms with Gasteiger partial charge in [0, 0.05) is 12.5 Å². The van der Waals surface area contributed by atoms with Crippen LogP contribution in [-0.2, 0) is 9.47 Å². The topological polar surface area (TPSA) is 39.7 Å². The number of hydrogen-bond acceptors (Lipinski definition) is 4. The van der Waals surface area contributed by atoms with Crippen molar-refractivity contribution in [3.63, 3.8) is 0 Å². The molecular formula is C15H22FNO3. The van der Waals surface area contributed by atoms with Crippen LogP contribution in [0.15, 0.2) is 18.2 Å². The number of rotatable bonds is 7. The quantitative estimate of drug-likeness (QED) is 0.835. The largest absolute Gasteiger partial charge is 0.494 e. The van der Waals surface area contributed by atoms with Gasteiger partial charge in [-0.05, 0) is 30.7 Å². The Bertz CT molecular complexity index is 422. The second-order valence-electron chi connectivity index (χ2n) is 4.81. The van der Waals surface area contributed by atoms with Gasteiger partial charge in [0.05, 0.1) is 20.3 Å². The standard InChI is InChI=1S/C15H22FNO3/c1-3-6-17-13(10-15-19-7-8-20-15)11-4-5-14(18-2)12(16)9-11/h4-5,9,13,15,17H,3,6-8,10H2,1-2H3. The molecule has 1 aromatic carbocycles. The number of methoxy groups -OCH3 is 1. The van der Waals surface area contributed by atoms with Gasteiger partial charge in [0.2, 0.25) is 0 Å². The molecule has 1 atom stereocenters. The van der Waals surface area contributed by atoms with Crippen molar-refractivity contribution < 1.29 is 18.6 Å². The van der Waals surface area contributed by atoms with E-state index in [-0.39, 0.29) is 23.9 Å². The van der Waals surface area contributed by atoms with E-state index < -0.39 is 0 Å². The van der Waals surface area contributed by atoms with Gasteiger partial charge < -0.3 is 19.5 Å². The van der Waals surface area contributed by atoms with E-state index in [0.29, 0.717) is 19.6 Å². The zero-order valence-corrected chi connectivity index (χ0v) is 12.0. The molecule has 0 amide bonds. The fourth-order valence-electron chi connectivity index (χ4n) is 2.29. The summed E-state index contributed by atoms with van der Waals surface area (Å²) in [5.74, 6) is -0.0853. The lowest BCUT2D eigenvalue weighted by molar-refractivity contribution is -0.0530. The molecule has 0 bridgehead atoms. The highest BCUT2D eigenvalue weighted by Crippen LogP contribution is 2.26. The zero-order valence-electron chi connectivity index (χ0n) is 12.0. The van der Waals surface area contributed by atoms with Gasteiger partial charge in [-0.3, -0.25) is 0 Å². The summed E-state index contributed by atoms with van der Waals surface area (Å²) in [4.78, 5) is 0. The normalized spacial score (nSPS) is 17.4. The highest BCUT2D eigenvalue weighted by atomic mass is 19.1. The van der Waals surface area contributed by atoms with Crippen LogP contribution in [0.1, 0.15) is 31.4 Å². The molecule has 1 N–H and O–H groups in total. The summed E-state index contributed by atoms with van der Waals surface area (Å²) in [6, 6.07) is 5.06. The molecule has 1 aromatic rings. The van der Waals surface area contributed by atoms with Crippen LogP contribution in [0.25, 0.3) is 0 Å². The summed E-state index contributed by atoms with van der Waals surface area (Å²) >= 11 is 0. The monoisotopic (exact) mass is 283 g/mol. The second-order valence-corrected chi connectivity index (χ2v) is 4.81. The Morgan fingerprint density at radius 3 is 2.75 bits per heavy atom. The van der Waals surface area contributed by atoms with Gasteiger partial charge in [-0.1, -0.05) is 13.0 Å². The molecule has 20 heavy (non-hydrogen) atoms. The number of halogens is 1. The summed E-state index contributed by atoms with van der Waals surface area (Å²) in [5.41, 5.74) is 0.885. The molecule has 1 saturated heterocycles. The molecule has 0 aliphatic carbocycles. The van der Waals surface area contributed by atoms with Crippen molar-refractivity contribution in [3.8, 4) is 5.75 Å². The van der Waals surface area contributed by atoms with Crippen LogP contribution in [0.3, 0.4) is 0 Å². The molecule has 0 radical (unpaired) electrons. The fraction of sp³-hybridized carbons (Fsp3) is 0.600. The van der Waals surface area contributed by atoms with Crippen LogP contribution in [0.4, 0.5) is 4.39 Å². The van der Waals surface area contributed by atoms with Gasteiger partial charge >= 0.3 is 0 Å². The Kier molecular flexibility index (Phi) is 5.76. The summed E-state index contributed by atoms with van der Waals surface area (Å²) in [7, 11) is 1.46. The van der Waals surface area contributed by atoms with E-state index in [9.17, 15) is 4.39 Å². The maximum absolute atomic E-state index is 13.8. The Labute approximate surface area is 119 Å². The molecule has 1 unspecified atom stereocenters. The predicted molar refractivity (Wildman–Crippen MR) is 74.3 cm³/mol. The third-order valence-corrected chi connectivity index (χ3v) is 3.34. The van der Waals surface area contributed by atoms with Crippen molar-refractivity contribution in [3.05, 3.63) is 29.6 Å². The molecule has 1 aliphatic heterocycles. The van der Waals surface area contributed by atoms with Gasteiger partial charge in [-0.25, -0.2) is 4.39 Å². The van der Waals surface area contributed by atoms with Crippen LogP contribution in [0, 0.1) is 5.82 Å². The number of nitrogens with one attached hydrogen (secondary N) is 1. The second kappa shape index (κ2) is 7.57. The van der Waals surface area contributed by atoms with Gasteiger partial charge in [0.25, 0.3) is 0 Å². The maximum atomic E-state index is 13.8. The third kappa shape index (κ3) is 3.91. The summed E-state index contributed by atoms with van der Waals surface area (Å²) in [5, 5.41) is 3.41. The van der Waals surface area contributed by atoms with Crippen LogP contribution in [0.2, 0.25) is 0 Å². The molecule has 2 rings (SSSR count). The van der Waals surface area contributed by atoms with Gasteiger partial charge in [0.15, 0.2) is 17.9 Å². The molecule has 5 heteroatoms. The maximum Gasteiger partial charge on any atom is 0.165 e. The Balaban J connectivity index is 2.09. The summed E-state index contributed by atoms with van der Waals surface area (Å²) < 4.78 is 29.7. The van der Waals surface area contributed by atoms with E-state index in [1.54, 1.807) is 6.07 Å². The van der Waals surface area contributed by atoms with Gasteiger partial charge in [0.1, 0.15) is 0 Å². The number of benzene rings is 1. The highest BCUT2D eigenvalue weighted by Gasteiger charge is 2.23. The number of ether oxygens (including phenoxy) is 3. The third-order valence-electron chi connectivity index (χ3n) is 3.34. The van der Waals surface area contributed by atoms with Crippen molar-refractivity contribution in [2.24, 2.45) is 0 Å². The van der Waals surface area contributed by atoms with E-state index in [4.69, 9.17) is 14.2 Å². The molecule has 1 heterocycles. The lowest BCUT2D eigenvalue weighted by atomic mass is 10.0. The molecule has 1 fully saturated rings. The minimum atomic E-state index is -0.346. The van der Waals surface area contributed by atoms with Crippen molar-refractivity contribution in [1.82, 2.24) is 5.32 Å². The molecular weight excluding hydrogens is 261 g/mol. The van der Waals surface area contributed by atoms with E-state index in [1.165, 1.54) is 13.2 Å². The SMILES string of the molecule is CCCNC(CC1OCCO1)c1ccc(OC)c(F)c1. The first kappa shape index (κ1) is 15.2. The minimum absolute atomic E-state index is 0.0125. The van der Waals surface area contributed by atoms with Crippen LogP contribution in [0.5, 0.6) is 5.75 Å². The first-order valence-corrected chi connectivity index (χ1v) is 7.04. The van der Waals surface area contributed by atoms with E-state index in [2.05, 4.69) is 12.2 Å². The molecule has 0 saturated carbocycles. The predicted octanol–water partition coefficient (Wildman–Crippen LogP) is 2.64. The van der Waals surface area contributed by atoms with Gasteiger partial charge in [-0.15, -0.1) is 0 Å². The van der Waals surface area contributed by atoms with Crippen molar-refractivity contribution >= 4 is 0 Å². The first-order valence-electron chi connectivity index (χ1n) is 7.04.